The van der Waals surface area contributed by atoms with Crippen LogP contribution in [0, 0.1) is 0 Å². The summed E-state index contributed by atoms with van der Waals surface area (Å²) >= 11 is 0. The summed E-state index contributed by atoms with van der Waals surface area (Å²) in [5, 5.41) is 18.9. The highest BCUT2D eigenvalue weighted by Gasteiger charge is 2.10. The molecular weight excluding hydrogens is 186 g/mol. The van der Waals surface area contributed by atoms with E-state index in [1.165, 1.54) is 6.07 Å². The van der Waals surface area contributed by atoms with E-state index in [4.69, 9.17) is 0 Å². The second-order valence-electron chi connectivity index (χ2n) is 5.27. The Morgan fingerprint density at radius 2 is 1.67 bits per heavy atom. The number of rotatable bonds is 4. The first-order chi connectivity index (χ1) is 6.87. The SMILES string of the molecule is BC(B)(C)CCCc1cc(O)cc(O)c1. The van der Waals surface area contributed by atoms with Gasteiger partial charge in [-0.2, -0.15) is 0 Å². The lowest BCUT2D eigenvalue weighted by Crippen LogP contribution is -2.07. The Morgan fingerprint density at radius 1 is 1.13 bits per heavy atom. The third kappa shape index (κ3) is 4.82. The molecule has 0 saturated heterocycles. The Kier molecular flexibility index (Phi) is 3.72. The zero-order chi connectivity index (χ0) is 11.5. The van der Waals surface area contributed by atoms with Crippen LogP contribution in [0.5, 0.6) is 11.5 Å². The van der Waals surface area contributed by atoms with E-state index < -0.39 is 0 Å². The maximum atomic E-state index is 9.29. The van der Waals surface area contributed by atoms with Crippen molar-refractivity contribution in [1.82, 2.24) is 0 Å². The number of hydrogen-bond donors (Lipinski definition) is 2. The molecule has 80 valence electrons. The van der Waals surface area contributed by atoms with Gasteiger partial charge >= 0.3 is 0 Å². The molecule has 0 radical (unpaired) electrons. The Morgan fingerprint density at radius 3 is 2.13 bits per heavy atom. The van der Waals surface area contributed by atoms with Crippen molar-refractivity contribution in [3.8, 4) is 11.5 Å². The van der Waals surface area contributed by atoms with Crippen molar-refractivity contribution in [2.75, 3.05) is 0 Å². The van der Waals surface area contributed by atoms with Crippen LogP contribution in [0.1, 0.15) is 25.3 Å². The minimum Gasteiger partial charge on any atom is -0.508 e. The Labute approximate surface area is 93.1 Å². The van der Waals surface area contributed by atoms with Crippen molar-refractivity contribution in [2.24, 2.45) is 0 Å². The summed E-state index contributed by atoms with van der Waals surface area (Å²) in [6, 6.07) is 4.78. The fourth-order valence-electron chi connectivity index (χ4n) is 1.62. The summed E-state index contributed by atoms with van der Waals surface area (Å²) < 4.78 is 0. The lowest BCUT2D eigenvalue weighted by Gasteiger charge is -2.17. The quantitative estimate of drug-likeness (QED) is 0.712. The van der Waals surface area contributed by atoms with Crippen molar-refractivity contribution >= 4 is 15.7 Å². The van der Waals surface area contributed by atoms with Crippen molar-refractivity contribution in [3.05, 3.63) is 23.8 Å². The first kappa shape index (κ1) is 12.0. The molecule has 0 atom stereocenters. The van der Waals surface area contributed by atoms with E-state index in [2.05, 4.69) is 22.6 Å². The average Bonchev–Trinajstić information content (AvgIpc) is 1.99. The highest BCUT2D eigenvalue weighted by Crippen LogP contribution is 2.25. The van der Waals surface area contributed by atoms with Gasteiger partial charge in [-0.15, -0.1) is 0 Å². The highest BCUT2D eigenvalue weighted by atomic mass is 16.3. The first-order valence-corrected chi connectivity index (χ1v) is 5.39. The number of aromatic hydroxyl groups is 2. The summed E-state index contributed by atoms with van der Waals surface area (Å²) in [6.07, 6.45) is 3.12. The fraction of sp³-hybridized carbons (Fsp3) is 0.455. The molecule has 0 aliphatic carbocycles. The third-order valence-corrected chi connectivity index (χ3v) is 2.35. The van der Waals surface area contributed by atoms with Crippen molar-refractivity contribution in [3.63, 3.8) is 0 Å². The molecule has 0 saturated carbocycles. The van der Waals surface area contributed by atoms with Gasteiger partial charge in [0, 0.05) is 6.07 Å². The predicted octanol–water partition coefficient (Wildman–Crippen LogP) is 0.823. The number of benzene rings is 1. The predicted molar refractivity (Wildman–Crippen MR) is 68.2 cm³/mol. The van der Waals surface area contributed by atoms with Crippen molar-refractivity contribution < 1.29 is 10.2 Å². The molecule has 0 unspecified atom stereocenters. The lowest BCUT2D eigenvalue weighted by atomic mass is 9.54. The molecule has 0 aliphatic rings. The second kappa shape index (κ2) is 4.65. The molecule has 0 fully saturated rings. The van der Waals surface area contributed by atoms with E-state index in [0.717, 1.165) is 24.8 Å². The molecule has 1 aromatic carbocycles. The zero-order valence-electron chi connectivity index (χ0n) is 9.75. The van der Waals surface area contributed by atoms with Crippen LogP contribution >= 0.6 is 0 Å². The van der Waals surface area contributed by atoms with Crippen molar-refractivity contribution in [2.45, 2.75) is 31.4 Å². The van der Waals surface area contributed by atoms with Crippen LogP contribution in [0.15, 0.2) is 18.2 Å². The van der Waals surface area contributed by atoms with Crippen LogP contribution in [0.3, 0.4) is 0 Å². The third-order valence-electron chi connectivity index (χ3n) is 2.35. The molecule has 0 aromatic heterocycles. The van der Waals surface area contributed by atoms with Crippen LogP contribution in [-0.4, -0.2) is 25.9 Å². The number of hydrogen-bond acceptors (Lipinski definition) is 2. The molecule has 2 nitrogen and oxygen atoms in total. The van der Waals surface area contributed by atoms with Gasteiger partial charge in [0.05, 0.1) is 15.7 Å². The lowest BCUT2D eigenvalue weighted by molar-refractivity contribution is 0.449. The Bertz CT molecular complexity index is 312. The highest BCUT2D eigenvalue weighted by molar-refractivity contribution is 6.39. The van der Waals surface area contributed by atoms with Crippen LogP contribution in [0.4, 0.5) is 0 Å². The van der Waals surface area contributed by atoms with Crippen LogP contribution in [0.2, 0.25) is 5.21 Å². The molecule has 1 aromatic rings. The number of phenolic OH excluding ortho intramolecular Hbond substituents is 2. The molecule has 1 rings (SSSR count). The monoisotopic (exact) mass is 204 g/mol. The molecule has 0 amide bonds. The van der Waals surface area contributed by atoms with E-state index in [9.17, 15) is 10.2 Å². The van der Waals surface area contributed by atoms with Crippen LogP contribution in [0.25, 0.3) is 0 Å². The van der Waals surface area contributed by atoms with Gasteiger partial charge in [-0.25, -0.2) is 0 Å². The molecule has 15 heavy (non-hydrogen) atoms. The smallest absolute Gasteiger partial charge is 0.119 e. The summed E-state index contributed by atoms with van der Waals surface area (Å²) in [5.41, 5.74) is 0.997. The number of aryl methyl sites for hydroxylation is 1. The Hall–Kier alpha value is -1.05. The standard InChI is InChI=1S/C11H18B2O2/c1-11(12,13)4-2-3-8-5-9(14)7-10(15)6-8/h5-7,14-15H,2-4,12-13H2,1H3. The van der Waals surface area contributed by atoms with Gasteiger partial charge in [0.1, 0.15) is 11.5 Å². The fourth-order valence-corrected chi connectivity index (χ4v) is 1.62. The maximum absolute atomic E-state index is 9.29. The molecule has 0 heterocycles. The van der Waals surface area contributed by atoms with Gasteiger partial charge in [-0.1, -0.05) is 25.0 Å². The molecule has 4 heteroatoms. The first-order valence-electron chi connectivity index (χ1n) is 5.39. The van der Waals surface area contributed by atoms with Gasteiger partial charge in [-0.05, 0) is 24.1 Å². The van der Waals surface area contributed by atoms with Crippen LogP contribution < -0.4 is 0 Å². The number of phenols is 2. The van der Waals surface area contributed by atoms with E-state index in [-0.39, 0.29) is 11.5 Å². The minimum atomic E-state index is 0.140. The largest absolute Gasteiger partial charge is 0.508 e. The molecular formula is C11H18B2O2. The van der Waals surface area contributed by atoms with Gasteiger partial charge < -0.3 is 10.2 Å². The van der Waals surface area contributed by atoms with Crippen LogP contribution in [-0.2, 0) is 6.42 Å². The summed E-state index contributed by atoms with van der Waals surface area (Å²) in [7, 11) is 4.43. The van der Waals surface area contributed by atoms with E-state index in [0.29, 0.717) is 5.21 Å². The van der Waals surface area contributed by atoms with Gasteiger partial charge in [0.25, 0.3) is 0 Å². The maximum Gasteiger partial charge on any atom is 0.119 e. The molecule has 0 aliphatic heterocycles. The van der Waals surface area contributed by atoms with E-state index in [1.807, 2.05) is 0 Å². The van der Waals surface area contributed by atoms with Crippen molar-refractivity contribution in [1.29, 1.82) is 0 Å². The summed E-state index contributed by atoms with van der Waals surface area (Å²) in [4.78, 5) is 0. The Balaban J connectivity index is 2.51. The topological polar surface area (TPSA) is 40.5 Å². The second-order valence-corrected chi connectivity index (χ2v) is 5.27. The van der Waals surface area contributed by atoms with Gasteiger partial charge in [-0.3, -0.25) is 0 Å². The van der Waals surface area contributed by atoms with Gasteiger partial charge in [0.2, 0.25) is 0 Å². The van der Waals surface area contributed by atoms with E-state index in [1.54, 1.807) is 12.1 Å². The molecule has 0 bridgehead atoms. The minimum absolute atomic E-state index is 0.140. The summed E-state index contributed by atoms with van der Waals surface area (Å²) in [5.74, 6) is 0.279. The summed E-state index contributed by atoms with van der Waals surface area (Å²) in [6.45, 7) is 2.22. The zero-order valence-corrected chi connectivity index (χ0v) is 9.75. The molecule has 0 spiro atoms. The average molecular weight is 204 g/mol. The van der Waals surface area contributed by atoms with Gasteiger partial charge in [0.15, 0.2) is 0 Å². The van der Waals surface area contributed by atoms with E-state index >= 15 is 0 Å². The normalized spacial score (nSPS) is 11.5. The molecule has 2 N–H and O–H groups in total.